The molecule has 3 N–H and O–H groups in total. The summed E-state index contributed by atoms with van der Waals surface area (Å²) < 4.78 is 37.3. The van der Waals surface area contributed by atoms with Crippen molar-refractivity contribution in [2.45, 2.75) is 38.4 Å². The van der Waals surface area contributed by atoms with Gasteiger partial charge in [0.1, 0.15) is 0 Å². The van der Waals surface area contributed by atoms with Gasteiger partial charge in [0.15, 0.2) is 0 Å². The summed E-state index contributed by atoms with van der Waals surface area (Å²) in [5.74, 6) is -3.16. The fraction of sp³-hybridized carbons (Fsp3) is 0.875. The number of aliphatic carboxylic acids is 1. The van der Waals surface area contributed by atoms with Crippen LogP contribution in [0.5, 0.6) is 0 Å². The van der Waals surface area contributed by atoms with Gasteiger partial charge in [-0.05, 0) is 12.3 Å². The smallest absolute Gasteiger partial charge is 0.417 e. The first-order valence-corrected chi connectivity index (χ1v) is 4.26. The fourth-order valence-electron chi connectivity index (χ4n) is 1.27. The van der Waals surface area contributed by atoms with Crippen molar-refractivity contribution in [1.29, 1.82) is 0 Å². The highest BCUT2D eigenvalue weighted by molar-refractivity contribution is 5.80. The lowest BCUT2D eigenvalue weighted by Gasteiger charge is -2.32. The van der Waals surface area contributed by atoms with Crippen LogP contribution in [0.4, 0.5) is 13.2 Å². The van der Waals surface area contributed by atoms with Crippen molar-refractivity contribution in [2.75, 3.05) is 0 Å². The Morgan fingerprint density at radius 3 is 2.14 bits per heavy atom. The zero-order valence-electron chi connectivity index (χ0n) is 8.06. The van der Waals surface area contributed by atoms with Gasteiger partial charge in [-0.3, -0.25) is 0 Å². The highest BCUT2D eigenvalue weighted by Gasteiger charge is 2.60. The minimum atomic E-state index is -4.92. The Labute approximate surface area is 80.1 Å². The summed E-state index contributed by atoms with van der Waals surface area (Å²) in [5.41, 5.74) is 1.79. The molecule has 84 valence electrons. The van der Waals surface area contributed by atoms with Gasteiger partial charge in [-0.15, -0.1) is 0 Å². The molecule has 0 aromatic rings. The first-order valence-electron chi connectivity index (χ1n) is 4.26. The van der Waals surface area contributed by atoms with Crippen LogP contribution in [0.1, 0.15) is 26.7 Å². The molecule has 0 fully saturated rings. The molecule has 3 nitrogen and oxygen atoms in total. The number of rotatable bonds is 4. The van der Waals surface area contributed by atoms with Gasteiger partial charge in [0.05, 0.1) is 0 Å². The first-order chi connectivity index (χ1) is 6.17. The van der Waals surface area contributed by atoms with Crippen LogP contribution in [-0.2, 0) is 4.79 Å². The van der Waals surface area contributed by atoms with Crippen LogP contribution in [0.25, 0.3) is 0 Å². The number of carbonyl (C=O) groups is 1. The summed E-state index contributed by atoms with van der Waals surface area (Å²) >= 11 is 0. The molecule has 0 aliphatic carbocycles. The predicted molar refractivity (Wildman–Crippen MR) is 44.7 cm³/mol. The van der Waals surface area contributed by atoms with Crippen molar-refractivity contribution in [1.82, 2.24) is 0 Å². The molecule has 0 spiro atoms. The van der Waals surface area contributed by atoms with E-state index in [4.69, 9.17) is 10.8 Å². The summed E-state index contributed by atoms with van der Waals surface area (Å²) in [7, 11) is 0. The van der Waals surface area contributed by atoms with Gasteiger partial charge in [-0.25, -0.2) is 4.79 Å². The number of alkyl halides is 3. The Kier molecular flexibility index (Phi) is 3.93. The molecule has 0 aliphatic rings. The number of halogens is 3. The normalized spacial score (nSPS) is 18.7. The maximum atomic E-state index is 12.4. The molecule has 0 heterocycles. The van der Waals surface area contributed by atoms with E-state index in [9.17, 15) is 18.0 Å². The van der Waals surface area contributed by atoms with E-state index in [0.29, 0.717) is 6.42 Å². The SMILES string of the molecule is CCCC(C)C(N)(C(=O)O)C(F)(F)F. The quantitative estimate of drug-likeness (QED) is 0.748. The molecule has 0 radical (unpaired) electrons. The van der Waals surface area contributed by atoms with Crippen molar-refractivity contribution in [3.8, 4) is 0 Å². The zero-order chi connectivity index (χ0) is 11.6. The van der Waals surface area contributed by atoms with Crippen molar-refractivity contribution < 1.29 is 23.1 Å². The number of carboxylic acids is 1. The summed E-state index contributed by atoms with van der Waals surface area (Å²) in [6, 6.07) is 0. The summed E-state index contributed by atoms with van der Waals surface area (Å²) in [4.78, 5) is 10.5. The van der Waals surface area contributed by atoms with Crippen LogP contribution >= 0.6 is 0 Å². The van der Waals surface area contributed by atoms with Crippen LogP contribution in [0.2, 0.25) is 0 Å². The first kappa shape index (κ1) is 13.2. The minimum absolute atomic E-state index is 0.127. The molecule has 0 saturated heterocycles. The van der Waals surface area contributed by atoms with Crippen LogP contribution in [0.3, 0.4) is 0 Å². The Bertz CT molecular complexity index is 217. The topological polar surface area (TPSA) is 63.3 Å². The molecule has 0 bridgehead atoms. The molecule has 14 heavy (non-hydrogen) atoms. The monoisotopic (exact) mass is 213 g/mol. The lowest BCUT2D eigenvalue weighted by molar-refractivity contribution is -0.212. The van der Waals surface area contributed by atoms with Crippen molar-refractivity contribution >= 4 is 5.97 Å². The standard InChI is InChI=1S/C8H14F3NO2/c1-3-4-5(2)7(12,6(13)14)8(9,10)11/h5H,3-4,12H2,1-2H3,(H,13,14). The highest BCUT2D eigenvalue weighted by atomic mass is 19.4. The van der Waals surface area contributed by atoms with Crippen LogP contribution in [0.15, 0.2) is 0 Å². The predicted octanol–water partition coefficient (Wildman–Crippen LogP) is 1.77. The molecule has 0 aliphatic heterocycles. The second-order valence-electron chi connectivity index (χ2n) is 3.36. The van der Waals surface area contributed by atoms with Gasteiger partial charge in [0.2, 0.25) is 5.54 Å². The average Bonchev–Trinajstić information content (AvgIpc) is 2.00. The molecule has 2 unspecified atom stereocenters. The molecular weight excluding hydrogens is 199 g/mol. The van der Waals surface area contributed by atoms with Crippen molar-refractivity contribution in [3.05, 3.63) is 0 Å². The number of nitrogens with two attached hydrogens (primary N) is 1. The van der Waals surface area contributed by atoms with Crippen molar-refractivity contribution in [3.63, 3.8) is 0 Å². The lowest BCUT2D eigenvalue weighted by atomic mass is 9.82. The van der Waals surface area contributed by atoms with Crippen molar-refractivity contribution in [2.24, 2.45) is 11.7 Å². The minimum Gasteiger partial charge on any atom is -0.480 e. The molecular formula is C8H14F3NO2. The lowest BCUT2D eigenvalue weighted by Crippen LogP contribution is -2.63. The van der Waals surface area contributed by atoms with Gasteiger partial charge in [0.25, 0.3) is 0 Å². The summed E-state index contributed by atoms with van der Waals surface area (Å²) in [5, 5.41) is 8.52. The van der Waals surface area contributed by atoms with Crippen LogP contribution < -0.4 is 5.73 Å². The second kappa shape index (κ2) is 4.16. The molecule has 0 saturated carbocycles. The zero-order valence-corrected chi connectivity index (χ0v) is 8.06. The van der Waals surface area contributed by atoms with E-state index < -0.39 is 23.6 Å². The Morgan fingerprint density at radius 1 is 1.50 bits per heavy atom. The van der Waals surface area contributed by atoms with E-state index in [1.54, 1.807) is 6.92 Å². The maximum Gasteiger partial charge on any atom is 0.417 e. The molecule has 0 rings (SSSR count). The number of hydrogen-bond acceptors (Lipinski definition) is 2. The van der Waals surface area contributed by atoms with E-state index in [1.807, 2.05) is 0 Å². The Balaban J connectivity index is 5.01. The summed E-state index contributed by atoms with van der Waals surface area (Å²) in [6.07, 6.45) is -4.33. The third-order valence-electron chi connectivity index (χ3n) is 2.32. The van der Waals surface area contributed by atoms with Gasteiger partial charge >= 0.3 is 12.1 Å². The Morgan fingerprint density at radius 2 is 1.93 bits per heavy atom. The Hall–Kier alpha value is -0.780. The maximum absolute atomic E-state index is 12.4. The molecule has 6 heteroatoms. The third kappa shape index (κ3) is 2.17. The molecule has 0 aromatic heterocycles. The highest BCUT2D eigenvalue weighted by Crippen LogP contribution is 2.36. The molecule has 2 atom stereocenters. The fourth-order valence-corrected chi connectivity index (χ4v) is 1.27. The summed E-state index contributed by atoms with van der Waals surface area (Å²) in [6.45, 7) is 2.88. The second-order valence-corrected chi connectivity index (χ2v) is 3.36. The van der Waals surface area contributed by atoms with Gasteiger partial charge in [-0.2, -0.15) is 13.2 Å². The van der Waals surface area contributed by atoms with Gasteiger partial charge in [-0.1, -0.05) is 20.3 Å². The van der Waals surface area contributed by atoms with E-state index in [-0.39, 0.29) is 6.42 Å². The van der Waals surface area contributed by atoms with E-state index >= 15 is 0 Å². The van der Waals surface area contributed by atoms with E-state index in [2.05, 4.69) is 0 Å². The molecule has 0 amide bonds. The largest absolute Gasteiger partial charge is 0.480 e. The van der Waals surface area contributed by atoms with E-state index in [1.165, 1.54) is 6.92 Å². The third-order valence-corrected chi connectivity index (χ3v) is 2.32. The van der Waals surface area contributed by atoms with E-state index in [0.717, 1.165) is 0 Å². The van der Waals surface area contributed by atoms with Gasteiger partial charge < -0.3 is 10.8 Å². The van der Waals surface area contributed by atoms with Crippen LogP contribution in [0, 0.1) is 5.92 Å². The average molecular weight is 213 g/mol. The van der Waals surface area contributed by atoms with Crippen LogP contribution in [-0.4, -0.2) is 22.8 Å². The van der Waals surface area contributed by atoms with Gasteiger partial charge in [0, 0.05) is 0 Å². The number of hydrogen-bond donors (Lipinski definition) is 2. The molecule has 0 aromatic carbocycles. The number of carboxylic acid groups (broad SMARTS) is 1.